The number of carbonyl (C=O) groups excluding carboxylic acids is 3. The largest absolute Gasteiger partial charge is 0.459 e. The molecule has 0 bridgehead atoms. The highest BCUT2D eigenvalue weighted by molar-refractivity contribution is 5.94. The second-order valence-corrected chi connectivity index (χ2v) is 10.7. The standard InChI is InChI=1S/C20H24O10/c1-6-12(23)28-11-9(21)18-8-5-7(16(2,3)4)17(18)10(22)13(24)29-15(17)30-20(18,14(25)27-8)19(6,11)26/h6-11,15,21-22,26H,5H2,1-4H3/t6-,7?,8?,9+,10+,11?,15+,17?,18?,19-,20-/m1/s1. The molecule has 10 heteroatoms. The summed E-state index contributed by atoms with van der Waals surface area (Å²) < 4.78 is 22.5. The van der Waals surface area contributed by atoms with E-state index in [-0.39, 0.29) is 6.42 Å². The van der Waals surface area contributed by atoms with E-state index in [2.05, 4.69) is 0 Å². The number of aliphatic hydroxyl groups is 3. The van der Waals surface area contributed by atoms with Gasteiger partial charge in [-0.3, -0.25) is 4.79 Å². The molecular weight excluding hydrogens is 400 g/mol. The maximum absolute atomic E-state index is 13.4. The fraction of sp³-hybridized carbons (Fsp3) is 0.850. The van der Waals surface area contributed by atoms with Gasteiger partial charge in [-0.2, -0.15) is 0 Å². The van der Waals surface area contributed by atoms with Gasteiger partial charge in [-0.25, -0.2) is 9.59 Å². The Kier molecular flexibility index (Phi) is 2.97. The van der Waals surface area contributed by atoms with Crippen LogP contribution < -0.4 is 0 Å². The van der Waals surface area contributed by atoms with Crippen LogP contribution in [0.2, 0.25) is 0 Å². The molecule has 0 amide bonds. The summed E-state index contributed by atoms with van der Waals surface area (Å²) >= 11 is 0. The molecular formula is C20H24O10. The minimum atomic E-state index is -2.24. The molecule has 6 rings (SSSR count). The maximum atomic E-state index is 13.4. The van der Waals surface area contributed by atoms with Crippen molar-refractivity contribution in [3.8, 4) is 0 Å². The smallest absolute Gasteiger partial charge is 0.343 e. The van der Waals surface area contributed by atoms with Gasteiger partial charge in [-0.1, -0.05) is 20.8 Å². The summed E-state index contributed by atoms with van der Waals surface area (Å²) in [4.78, 5) is 38.2. The zero-order valence-corrected chi connectivity index (χ0v) is 16.9. The summed E-state index contributed by atoms with van der Waals surface area (Å²) in [5.41, 5.74) is -8.26. The van der Waals surface area contributed by atoms with Crippen molar-refractivity contribution in [3.63, 3.8) is 0 Å². The monoisotopic (exact) mass is 424 g/mol. The Bertz CT molecular complexity index is 925. The maximum Gasteiger partial charge on any atom is 0.343 e. The van der Waals surface area contributed by atoms with Gasteiger partial charge in [-0.15, -0.1) is 0 Å². The van der Waals surface area contributed by atoms with Crippen LogP contribution in [0.3, 0.4) is 0 Å². The lowest BCUT2D eigenvalue weighted by Gasteiger charge is -2.47. The first kappa shape index (κ1) is 19.0. The van der Waals surface area contributed by atoms with E-state index < -0.39 is 87.9 Å². The Morgan fingerprint density at radius 2 is 1.70 bits per heavy atom. The molecule has 4 heterocycles. The van der Waals surface area contributed by atoms with Crippen LogP contribution in [0.5, 0.6) is 0 Å². The molecule has 0 aromatic heterocycles. The summed E-state index contributed by atoms with van der Waals surface area (Å²) in [5.74, 6) is -4.32. The Labute approximate surface area is 171 Å². The molecule has 30 heavy (non-hydrogen) atoms. The van der Waals surface area contributed by atoms with Gasteiger partial charge in [0.2, 0.25) is 11.9 Å². The van der Waals surface area contributed by atoms with Crippen LogP contribution >= 0.6 is 0 Å². The number of hydrogen-bond donors (Lipinski definition) is 3. The molecule has 6 aliphatic rings. The molecule has 6 fully saturated rings. The van der Waals surface area contributed by atoms with Gasteiger partial charge in [0.15, 0.2) is 17.8 Å². The molecule has 4 saturated heterocycles. The highest BCUT2D eigenvalue weighted by atomic mass is 16.8. The lowest BCUT2D eigenvalue weighted by molar-refractivity contribution is -0.239. The number of esters is 3. The van der Waals surface area contributed by atoms with Crippen LogP contribution in [-0.4, -0.2) is 75.1 Å². The van der Waals surface area contributed by atoms with Crippen LogP contribution in [0, 0.1) is 28.1 Å². The first-order valence-electron chi connectivity index (χ1n) is 10.2. The van der Waals surface area contributed by atoms with E-state index in [1.807, 2.05) is 20.8 Å². The number of rotatable bonds is 0. The van der Waals surface area contributed by atoms with Crippen molar-refractivity contribution >= 4 is 17.9 Å². The third-order valence-corrected chi connectivity index (χ3v) is 9.00. The van der Waals surface area contributed by atoms with E-state index >= 15 is 0 Å². The van der Waals surface area contributed by atoms with Crippen molar-refractivity contribution < 1.29 is 48.7 Å². The van der Waals surface area contributed by atoms with Gasteiger partial charge in [0.1, 0.15) is 12.2 Å². The van der Waals surface area contributed by atoms with E-state index in [1.54, 1.807) is 0 Å². The molecule has 11 atom stereocenters. The highest BCUT2D eigenvalue weighted by Gasteiger charge is 3.03. The molecule has 2 saturated carbocycles. The minimum Gasteiger partial charge on any atom is -0.459 e. The summed E-state index contributed by atoms with van der Waals surface area (Å²) in [6.45, 7) is 7.14. The summed E-state index contributed by atoms with van der Waals surface area (Å²) in [5, 5.41) is 34.7. The topological polar surface area (TPSA) is 149 Å². The molecule has 10 nitrogen and oxygen atoms in total. The Balaban J connectivity index is 1.72. The van der Waals surface area contributed by atoms with Crippen LogP contribution in [0.15, 0.2) is 0 Å². The first-order valence-corrected chi connectivity index (χ1v) is 10.2. The van der Waals surface area contributed by atoms with Crippen LogP contribution in [0.25, 0.3) is 0 Å². The van der Waals surface area contributed by atoms with Gasteiger partial charge in [0.05, 0.1) is 16.7 Å². The fourth-order valence-electron chi connectivity index (χ4n) is 8.12. The third kappa shape index (κ3) is 1.33. The quantitative estimate of drug-likeness (QED) is 0.314. The van der Waals surface area contributed by atoms with Crippen LogP contribution in [0.1, 0.15) is 34.1 Å². The highest BCUT2D eigenvalue weighted by Crippen LogP contribution is 2.84. The summed E-state index contributed by atoms with van der Waals surface area (Å²) in [6.07, 6.45) is -6.91. The number of ether oxygens (including phenoxy) is 4. The Morgan fingerprint density at radius 1 is 1.03 bits per heavy atom. The number of fused-ring (bicyclic) bond motifs is 1. The molecule has 0 aromatic rings. The number of hydrogen-bond acceptors (Lipinski definition) is 10. The Hall–Kier alpha value is -1.75. The fourth-order valence-corrected chi connectivity index (χ4v) is 8.12. The van der Waals surface area contributed by atoms with Crippen molar-refractivity contribution in [2.24, 2.45) is 28.1 Å². The van der Waals surface area contributed by atoms with E-state index in [4.69, 9.17) is 18.9 Å². The molecule has 3 N–H and O–H groups in total. The van der Waals surface area contributed by atoms with E-state index in [0.29, 0.717) is 0 Å². The second-order valence-electron chi connectivity index (χ2n) is 10.7. The van der Waals surface area contributed by atoms with Crippen LogP contribution in [0.4, 0.5) is 0 Å². The Morgan fingerprint density at radius 3 is 2.33 bits per heavy atom. The number of aliphatic hydroxyl groups excluding tert-OH is 2. The molecule has 4 aliphatic heterocycles. The van der Waals surface area contributed by atoms with Gasteiger partial charge < -0.3 is 34.3 Å². The van der Waals surface area contributed by atoms with Gasteiger partial charge in [0, 0.05) is 0 Å². The first-order chi connectivity index (χ1) is 13.8. The predicted molar refractivity (Wildman–Crippen MR) is 92.0 cm³/mol. The summed E-state index contributed by atoms with van der Waals surface area (Å²) in [7, 11) is 0. The number of carbonyl (C=O) groups is 3. The van der Waals surface area contributed by atoms with Crippen molar-refractivity contribution in [2.45, 2.75) is 76.0 Å². The predicted octanol–water partition coefficient (Wildman–Crippen LogP) is -1.37. The van der Waals surface area contributed by atoms with E-state index in [1.165, 1.54) is 6.92 Å². The SMILES string of the molecule is C[C@@H]1C(=O)OC2[C@H](O)C34C5CC(C(C)(C)C)C36[C@@H](OC(=O)[C@@H]6O)O[C@@]4(C(=O)O5)[C@]21O. The van der Waals surface area contributed by atoms with Gasteiger partial charge >= 0.3 is 17.9 Å². The molecule has 164 valence electrons. The zero-order valence-electron chi connectivity index (χ0n) is 16.9. The average molecular weight is 424 g/mol. The second kappa shape index (κ2) is 4.69. The minimum absolute atomic E-state index is 0.229. The van der Waals surface area contributed by atoms with Crippen LogP contribution in [-0.2, 0) is 33.3 Å². The molecule has 0 aromatic carbocycles. The average Bonchev–Trinajstić information content (AvgIpc) is 3.35. The lowest BCUT2D eigenvalue weighted by atomic mass is 9.51. The van der Waals surface area contributed by atoms with Crippen molar-refractivity contribution in [3.05, 3.63) is 0 Å². The molecule has 0 radical (unpaired) electrons. The third-order valence-electron chi connectivity index (χ3n) is 9.00. The van der Waals surface area contributed by atoms with Gasteiger partial charge in [0.25, 0.3) is 0 Å². The normalized spacial score (nSPS) is 60.1. The molecule has 2 aliphatic carbocycles. The lowest BCUT2D eigenvalue weighted by Crippen LogP contribution is -2.67. The molecule has 5 unspecified atom stereocenters. The van der Waals surface area contributed by atoms with E-state index in [0.717, 1.165) is 0 Å². The molecule has 2 spiro atoms. The summed E-state index contributed by atoms with van der Waals surface area (Å²) in [6, 6.07) is 0. The zero-order chi connectivity index (χ0) is 21.8. The van der Waals surface area contributed by atoms with Crippen molar-refractivity contribution in [1.29, 1.82) is 0 Å². The van der Waals surface area contributed by atoms with Crippen molar-refractivity contribution in [1.82, 2.24) is 0 Å². The van der Waals surface area contributed by atoms with Gasteiger partial charge in [-0.05, 0) is 24.7 Å². The van der Waals surface area contributed by atoms with Crippen molar-refractivity contribution in [2.75, 3.05) is 0 Å². The van der Waals surface area contributed by atoms with E-state index in [9.17, 15) is 29.7 Å².